The van der Waals surface area contributed by atoms with Crippen LogP contribution in [-0.2, 0) is 23.1 Å². The van der Waals surface area contributed by atoms with Gasteiger partial charge in [0.1, 0.15) is 5.82 Å². The Hall–Kier alpha value is -1.28. The Morgan fingerprint density at radius 2 is 2.10 bits per heavy atom. The monoisotopic (exact) mass is 328 g/mol. The van der Waals surface area contributed by atoms with Gasteiger partial charge >= 0.3 is 0 Å². The zero-order valence-electron chi connectivity index (χ0n) is 11.8. The van der Waals surface area contributed by atoms with Crippen LogP contribution in [0.15, 0.2) is 40.6 Å². The Labute approximate surface area is 128 Å². The largest absolute Gasteiger partial charge is 0.315 e. The zero-order chi connectivity index (χ0) is 15.5. The summed E-state index contributed by atoms with van der Waals surface area (Å²) in [7, 11) is -0.249. The molecule has 0 atom stereocenters. The van der Waals surface area contributed by atoms with Gasteiger partial charge in [0.25, 0.3) is 0 Å². The SMILES string of the molecule is CNCc1cc(S(=O)(=O)N(C)Cc2cccc(F)c2)cs1. The van der Waals surface area contributed by atoms with Gasteiger partial charge in [-0.15, -0.1) is 11.3 Å². The lowest BCUT2D eigenvalue weighted by Gasteiger charge is -2.16. The number of hydrogen-bond donors (Lipinski definition) is 1. The third kappa shape index (κ3) is 3.88. The average molecular weight is 328 g/mol. The third-order valence-corrected chi connectivity index (χ3v) is 5.85. The minimum absolute atomic E-state index is 0.136. The van der Waals surface area contributed by atoms with Gasteiger partial charge in [-0.3, -0.25) is 0 Å². The molecule has 114 valence electrons. The first kappa shape index (κ1) is 16.1. The molecule has 0 bridgehead atoms. The summed E-state index contributed by atoms with van der Waals surface area (Å²) in [6.07, 6.45) is 0. The highest BCUT2D eigenvalue weighted by atomic mass is 32.2. The molecule has 4 nitrogen and oxygen atoms in total. The molecule has 0 amide bonds. The van der Waals surface area contributed by atoms with Gasteiger partial charge in [0, 0.05) is 30.4 Å². The number of rotatable bonds is 6. The first-order valence-corrected chi connectivity index (χ1v) is 8.68. The standard InChI is InChI=1S/C14H17FN2O2S2/c1-16-8-13-7-14(10-20-13)21(18,19)17(2)9-11-4-3-5-12(15)6-11/h3-7,10,16H,8-9H2,1-2H3. The summed E-state index contributed by atoms with van der Waals surface area (Å²) in [5.41, 5.74) is 0.617. The molecule has 0 aliphatic rings. The maximum Gasteiger partial charge on any atom is 0.243 e. The Morgan fingerprint density at radius 3 is 2.76 bits per heavy atom. The highest BCUT2D eigenvalue weighted by Gasteiger charge is 2.22. The van der Waals surface area contributed by atoms with Crippen molar-refractivity contribution >= 4 is 21.4 Å². The summed E-state index contributed by atoms with van der Waals surface area (Å²) in [5, 5.41) is 4.61. The smallest absolute Gasteiger partial charge is 0.243 e. The fourth-order valence-electron chi connectivity index (χ4n) is 1.92. The van der Waals surface area contributed by atoms with Gasteiger partial charge < -0.3 is 5.32 Å². The van der Waals surface area contributed by atoms with Gasteiger partial charge in [-0.05, 0) is 30.8 Å². The topological polar surface area (TPSA) is 49.4 Å². The average Bonchev–Trinajstić information content (AvgIpc) is 2.88. The van der Waals surface area contributed by atoms with E-state index in [0.29, 0.717) is 12.1 Å². The lowest BCUT2D eigenvalue weighted by molar-refractivity contribution is 0.465. The van der Waals surface area contributed by atoms with Crippen molar-refractivity contribution in [1.82, 2.24) is 9.62 Å². The van der Waals surface area contributed by atoms with Crippen molar-refractivity contribution in [3.63, 3.8) is 0 Å². The van der Waals surface area contributed by atoms with E-state index in [1.54, 1.807) is 23.6 Å². The second-order valence-electron chi connectivity index (χ2n) is 4.67. The van der Waals surface area contributed by atoms with Crippen molar-refractivity contribution in [2.45, 2.75) is 18.0 Å². The minimum Gasteiger partial charge on any atom is -0.315 e. The van der Waals surface area contributed by atoms with Gasteiger partial charge in [-0.25, -0.2) is 12.8 Å². The van der Waals surface area contributed by atoms with E-state index < -0.39 is 10.0 Å². The number of thiophene rings is 1. The predicted molar refractivity (Wildman–Crippen MR) is 82.1 cm³/mol. The molecule has 1 heterocycles. The van der Waals surface area contributed by atoms with Gasteiger partial charge in [-0.2, -0.15) is 4.31 Å². The lowest BCUT2D eigenvalue weighted by Crippen LogP contribution is -2.26. The molecule has 0 aliphatic heterocycles. The summed E-state index contributed by atoms with van der Waals surface area (Å²) in [4.78, 5) is 1.23. The summed E-state index contributed by atoms with van der Waals surface area (Å²) in [6, 6.07) is 7.61. The van der Waals surface area contributed by atoms with Crippen molar-refractivity contribution in [2.75, 3.05) is 14.1 Å². The Morgan fingerprint density at radius 1 is 1.33 bits per heavy atom. The van der Waals surface area contributed by atoms with Crippen LogP contribution < -0.4 is 5.32 Å². The molecule has 7 heteroatoms. The molecular weight excluding hydrogens is 311 g/mol. The molecule has 0 saturated heterocycles. The van der Waals surface area contributed by atoms with E-state index in [1.165, 1.54) is 34.8 Å². The van der Waals surface area contributed by atoms with Gasteiger partial charge in [0.2, 0.25) is 10.0 Å². The molecule has 21 heavy (non-hydrogen) atoms. The van der Waals surface area contributed by atoms with E-state index in [0.717, 1.165) is 4.88 Å². The zero-order valence-corrected chi connectivity index (χ0v) is 13.5. The van der Waals surface area contributed by atoms with Crippen molar-refractivity contribution in [3.05, 3.63) is 52.0 Å². The number of hydrogen-bond acceptors (Lipinski definition) is 4. The molecule has 1 aromatic carbocycles. The highest BCUT2D eigenvalue weighted by molar-refractivity contribution is 7.89. The molecule has 0 unspecified atom stereocenters. The fraction of sp³-hybridized carbons (Fsp3) is 0.286. The molecule has 2 rings (SSSR count). The predicted octanol–water partition coefficient (Wildman–Crippen LogP) is 2.43. The molecule has 0 aliphatic carbocycles. The molecule has 0 saturated carbocycles. The first-order chi connectivity index (χ1) is 9.93. The van der Waals surface area contributed by atoms with E-state index in [-0.39, 0.29) is 17.3 Å². The van der Waals surface area contributed by atoms with Crippen molar-refractivity contribution in [3.8, 4) is 0 Å². The Balaban J connectivity index is 2.17. The summed E-state index contributed by atoms with van der Waals surface area (Å²) in [6.45, 7) is 0.769. The number of sulfonamides is 1. The van der Waals surface area contributed by atoms with Crippen LogP contribution >= 0.6 is 11.3 Å². The number of benzene rings is 1. The second-order valence-corrected chi connectivity index (χ2v) is 7.71. The molecule has 2 aromatic rings. The van der Waals surface area contributed by atoms with E-state index in [4.69, 9.17) is 0 Å². The quantitative estimate of drug-likeness (QED) is 0.886. The van der Waals surface area contributed by atoms with Crippen molar-refractivity contribution < 1.29 is 12.8 Å². The first-order valence-electron chi connectivity index (χ1n) is 6.36. The number of nitrogens with one attached hydrogen (secondary N) is 1. The van der Waals surface area contributed by atoms with Crippen LogP contribution in [0.2, 0.25) is 0 Å². The fourth-order valence-corrected chi connectivity index (χ4v) is 4.35. The van der Waals surface area contributed by atoms with Gasteiger partial charge in [0.05, 0.1) is 4.90 Å². The Kier molecular flexibility index (Phi) is 5.10. The van der Waals surface area contributed by atoms with Crippen LogP contribution in [-0.4, -0.2) is 26.8 Å². The van der Waals surface area contributed by atoms with Crippen LogP contribution in [0.5, 0.6) is 0 Å². The van der Waals surface area contributed by atoms with Crippen LogP contribution in [0, 0.1) is 5.82 Å². The third-order valence-electron chi connectivity index (χ3n) is 2.98. The lowest BCUT2D eigenvalue weighted by atomic mass is 10.2. The highest BCUT2D eigenvalue weighted by Crippen LogP contribution is 2.23. The van der Waals surface area contributed by atoms with Gasteiger partial charge in [0.15, 0.2) is 0 Å². The van der Waals surface area contributed by atoms with Crippen LogP contribution in [0.4, 0.5) is 4.39 Å². The summed E-state index contributed by atoms with van der Waals surface area (Å²) in [5.74, 6) is -0.370. The molecule has 0 spiro atoms. The molecule has 0 fully saturated rings. The summed E-state index contributed by atoms with van der Waals surface area (Å²) >= 11 is 1.40. The normalized spacial score (nSPS) is 12.0. The molecule has 1 N–H and O–H groups in total. The number of halogens is 1. The molecule has 0 radical (unpaired) electrons. The van der Waals surface area contributed by atoms with Crippen molar-refractivity contribution in [1.29, 1.82) is 0 Å². The maximum atomic E-state index is 13.2. The Bertz CT molecular complexity index is 713. The maximum absolute atomic E-state index is 13.2. The second kappa shape index (κ2) is 6.65. The van der Waals surface area contributed by atoms with E-state index in [2.05, 4.69) is 5.32 Å². The van der Waals surface area contributed by atoms with Crippen LogP contribution in [0.3, 0.4) is 0 Å². The molecular formula is C14H17FN2O2S2. The minimum atomic E-state index is -3.55. The van der Waals surface area contributed by atoms with Gasteiger partial charge in [-0.1, -0.05) is 12.1 Å². The molecule has 1 aromatic heterocycles. The number of nitrogens with zero attached hydrogens (tertiary/aromatic N) is 1. The van der Waals surface area contributed by atoms with E-state index in [9.17, 15) is 12.8 Å². The van der Waals surface area contributed by atoms with Crippen molar-refractivity contribution in [2.24, 2.45) is 0 Å². The van der Waals surface area contributed by atoms with E-state index >= 15 is 0 Å². The van der Waals surface area contributed by atoms with Crippen LogP contribution in [0.1, 0.15) is 10.4 Å². The van der Waals surface area contributed by atoms with Crippen LogP contribution in [0.25, 0.3) is 0 Å². The summed E-state index contributed by atoms with van der Waals surface area (Å²) < 4.78 is 39.3. The van der Waals surface area contributed by atoms with E-state index in [1.807, 2.05) is 7.05 Å².